The third kappa shape index (κ3) is 2.91. The summed E-state index contributed by atoms with van der Waals surface area (Å²) in [6.45, 7) is 3.59. The Labute approximate surface area is 116 Å². The molecule has 0 saturated heterocycles. The van der Waals surface area contributed by atoms with E-state index in [4.69, 9.17) is 0 Å². The van der Waals surface area contributed by atoms with E-state index in [1.807, 2.05) is 13.0 Å². The molecule has 0 atom stereocenters. The number of benzene rings is 2. The summed E-state index contributed by atoms with van der Waals surface area (Å²) in [7, 11) is 0. The minimum Gasteiger partial charge on any atom is -0.317 e. The molecule has 0 radical (unpaired) electrons. The van der Waals surface area contributed by atoms with Gasteiger partial charge in [-0.2, -0.15) is 0 Å². The van der Waals surface area contributed by atoms with Crippen LogP contribution >= 0.6 is 0 Å². The van der Waals surface area contributed by atoms with E-state index in [1.165, 1.54) is 18.2 Å². The number of Topliss-reactive ketones (excluding diaryl/α,β-unsaturated/α-hetero) is 1. The van der Waals surface area contributed by atoms with Crippen molar-refractivity contribution >= 4 is 17.4 Å². The van der Waals surface area contributed by atoms with Crippen molar-refractivity contribution in [3.63, 3.8) is 0 Å². The van der Waals surface area contributed by atoms with E-state index in [0.29, 0.717) is 11.1 Å². The Bertz CT molecular complexity index is 680. The monoisotopic (exact) mass is 271 g/mol. The first-order valence-corrected chi connectivity index (χ1v) is 6.16. The van der Waals surface area contributed by atoms with E-state index in [1.54, 1.807) is 25.1 Å². The minimum atomic E-state index is -0.844. The van der Waals surface area contributed by atoms with Crippen LogP contribution in [0.4, 0.5) is 10.1 Å². The maximum absolute atomic E-state index is 13.4. The van der Waals surface area contributed by atoms with Gasteiger partial charge in [0.1, 0.15) is 5.82 Å². The second-order valence-corrected chi connectivity index (χ2v) is 4.58. The molecule has 1 N–H and O–H groups in total. The first kappa shape index (κ1) is 13.9. The minimum absolute atomic E-state index is 0.00356. The third-order valence-electron chi connectivity index (χ3n) is 2.97. The summed E-state index contributed by atoms with van der Waals surface area (Å²) in [4.78, 5) is 24.0. The highest BCUT2D eigenvalue weighted by atomic mass is 19.1. The SMILES string of the molecule is Cc1ccc(C)c(C(=O)C(=O)Nc2ccccc2F)c1. The molecular formula is C16H14FNO2. The van der Waals surface area contributed by atoms with E-state index >= 15 is 0 Å². The summed E-state index contributed by atoms with van der Waals surface area (Å²) < 4.78 is 13.4. The Balaban J connectivity index is 2.23. The molecule has 2 aromatic rings. The predicted molar refractivity (Wildman–Crippen MR) is 75.3 cm³/mol. The van der Waals surface area contributed by atoms with Crippen LogP contribution in [0.15, 0.2) is 42.5 Å². The summed E-state index contributed by atoms with van der Waals surface area (Å²) in [5, 5.41) is 2.29. The number of anilines is 1. The van der Waals surface area contributed by atoms with Crippen LogP contribution in [-0.2, 0) is 4.79 Å². The number of carbonyl (C=O) groups excluding carboxylic acids is 2. The molecule has 0 aliphatic carbocycles. The van der Waals surface area contributed by atoms with Gasteiger partial charge in [0, 0.05) is 5.56 Å². The molecule has 2 aromatic carbocycles. The molecule has 20 heavy (non-hydrogen) atoms. The Morgan fingerprint density at radius 3 is 2.45 bits per heavy atom. The summed E-state index contributed by atoms with van der Waals surface area (Å²) in [5.74, 6) is -2.09. The molecule has 0 heterocycles. The molecule has 0 spiro atoms. The van der Waals surface area contributed by atoms with Crippen molar-refractivity contribution < 1.29 is 14.0 Å². The molecule has 0 aromatic heterocycles. The van der Waals surface area contributed by atoms with Crippen LogP contribution in [0.5, 0.6) is 0 Å². The maximum atomic E-state index is 13.4. The number of ketones is 1. The molecule has 102 valence electrons. The van der Waals surface area contributed by atoms with Gasteiger partial charge in [0.15, 0.2) is 0 Å². The van der Waals surface area contributed by atoms with Gasteiger partial charge >= 0.3 is 0 Å². The molecule has 1 amide bonds. The van der Waals surface area contributed by atoms with E-state index in [2.05, 4.69) is 5.32 Å². The molecule has 2 rings (SSSR count). The summed E-state index contributed by atoms with van der Waals surface area (Å²) in [6.07, 6.45) is 0. The topological polar surface area (TPSA) is 46.2 Å². The lowest BCUT2D eigenvalue weighted by Gasteiger charge is -2.08. The zero-order valence-corrected chi connectivity index (χ0v) is 11.2. The molecule has 0 unspecified atom stereocenters. The molecule has 4 heteroatoms. The lowest BCUT2D eigenvalue weighted by atomic mass is 10.0. The first-order chi connectivity index (χ1) is 9.49. The zero-order valence-electron chi connectivity index (χ0n) is 11.2. The van der Waals surface area contributed by atoms with E-state index in [-0.39, 0.29) is 5.69 Å². The lowest BCUT2D eigenvalue weighted by Crippen LogP contribution is -2.24. The van der Waals surface area contributed by atoms with Crippen molar-refractivity contribution in [2.45, 2.75) is 13.8 Å². The Morgan fingerprint density at radius 2 is 1.75 bits per heavy atom. The number of nitrogens with one attached hydrogen (secondary N) is 1. The van der Waals surface area contributed by atoms with Crippen molar-refractivity contribution in [3.05, 3.63) is 65.0 Å². The third-order valence-corrected chi connectivity index (χ3v) is 2.97. The van der Waals surface area contributed by atoms with Crippen LogP contribution in [0.2, 0.25) is 0 Å². The number of amides is 1. The van der Waals surface area contributed by atoms with Crippen molar-refractivity contribution in [2.75, 3.05) is 5.32 Å². The fourth-order valence-corrected chi connectivity index (χ4v) is 1.84. The second kappa shape index (κ2) is 5.65. The van der Waals surface area contributed by atoms with Crippen LogP contribution < -0.4 is 5.32 Å². The summed E-state index contributed by atoms with van der Waals surface area (Å²) in [5.41, 5.74) is 1.93. The molecular weight excluding hydrogens is 257 g/mol. The Hall–Kier alpha value is -2.49. The average molecular weight is 271 g/mol. The van der Waals surface area contributed by atoms with Crippen LogP contribution in [0.1, 0.15) is 21.5 Å². The van der Waals surface area contributed by atoms with Crippen LogP contribution in [0, 0.1) is 19.7 Å². The van der Waals surface area contributed by atoms with Gasteiger partial charge in [0.05, 0.1) is 5.69 Å². The van der Waals surface area contributed by atoms with Gasteiger partial charge in [-0.3, -0.25) is 9.59 Å². The summed E-state index contributed by atoms with van der Waals surface area (Å²) in [6, 6.07) is 11.0. The zero-order chi connectivity index (χ0) is 14.7. The van der Waals surface area contributed by atoms with Crippen molar-refractivity contribution in [1.82, 2.24) is 0 Å². The van der Waals surface area contributed by atoms with E-state index in [0.717, 1.165) is 5.56 Å². The first-order valence-electron chi connectivity index (χ1n) is 6.16. The highest BCUT2D eigenvalue weighted by Gasteiger charge is 2.19. The number of carbonyl (C=O) groups is 2. The Kier molecular flexibility index (Phi) is 3.94. The lowest BCUT2D eigenvalue weighted by molar-refractivity contribution is -0.112. The molecule has 0 saturated carbocycles. The van der Waals surface area contributed by atoms with E-state index in [9.17, 15) is 14.0 Å². The normalized spacial score (nSPS) is 10.2. The van der Waals surface area contributed by atoms with Gasteiger partial charge in [-0.1, -0.05) is 29.8 Å². The molecule has 0 fully saturated rings. The van der Waals surface area contributed by atoms with Crippen LogP contribution in [-0.4, -0.2) is 11.7 Å². The molecule has 3 nitrogen and oxygen atoms in total. The molecule has 0 bridgehead atoms. The predicted octanol–water partition coefficient (Wildman–Crippen LogP) is 3.26. The second-order valence-electron chi connectivity index (χ2n) is 4.58. The van der Waals surface area contributed by atoms with Gasteiger partial charge in [-0.25, -0.2) is 4.39 Å². The van der Waals surface area contributed by atoms with E-state index < -0.39 is 17.5 Å². The molecule has 0 aliphatic heterocycles. The number of aryl methyl sites for hydroxylation is 2. The number of hydrogen-bond donors (Lipinski definition) is 1. The van der Waals surface area contributed by atoms with Gasteiger partial charge in [-0.05, 0) is 37.6 Å². The highest BCUT2D eigenvalue weighted by Crippen LogP contribution is 2.15. The fraction of sp³-hybridized carbons (Fsp3) is 0.125. The Morgan fingerprint density at radius 1 is 1.05 bits per heavy atom. The number of rotatable bonds is 3. The van der Waals surface area contributed by atoms with Crippen molar-refractivity contribution in [3.8, 4) is 0 Å². The number of halogens is 1. The van der Waals surface area contributed by atoms with Crippen molar-refractivity contribution in [1.29, 1.82) is 0 Å². The molecule has 0 aliphatic rings. The smallest absolute Gasteiger partial charge is 0.296 e. The van der Waals surface area contributed by atoms with Gasteiger partial charge in [0.2, 0.25) is 0 Å². The van der Waals surface area contributed by atoms with Crippen LogP contribution in [0.3, 0.4) is 0 Å². The number of para-hydroxylation sites is 1. The van der Waals surface area contributed by atoms with Gasteiger partial charge in [0.25, 0.3) is 11.7 Å². The van der Waals surface area contributed by atoms with Crippen molar-refractivity contribution in [2.24, 2.45) is 0 Å². The highest BCUT2D eigenvalue weighted by molar-refractivity contribution is 6.46. The quantitative estimate of drug-likeness (QED) is 0.688. The fourth-order valence-electron chi connectivity index (χ4n) is 1.84. The standard InChI is InChI=1S/C16H14FNO2/c1-10-7-8-11(2)12(9-10)15(19)16(20)18-14-6-4-3-5-13(14)17/h3-9H,1-2H3,(H,18,20). The van der Waals surface area contributed by atoms with Gasteiger partial charge in [-0.15, -0.1) is 0 Å². The van der Waals surface area contributed by atoms with Gasteiger partial charge < -0.3 is 5.32 Å². The maximum Gasteiger partial charge on any atom is 0.296 e. The number of hydrogen-bond acceptors (Lipinski definition) is 2. The largest absolute Gasteiger partial charge is 0.317 e. The van der Waals surface area contributed by atoms with Crippen LogP contribution in [0.25, 0.3) is 0 Å². The summed E-state index contributed by atoms with van der Waals surface area (Å²) >= 11 is 0. The average Bonchev–Trinajstić information content (AvgIpc) is 2.43.